The van der Waals surface area contributed by atoms with Gasteiger partial charge in [0.25, 0.3) is 0 Å². The molecule has 2 heterocycles. The molecule has 1 aliphatic heterocycles. The van der Waals surface area contributed by atoms with E-state index in [4.69, 9.17) is 10.1 Å². The number of aryl methyl sites for hydroxylation is 1. The lowest BCUT2D eigenvalue weighted by Gasteiger charge is -2.18. The smallest absolute Gasteiger partial charge is 0.139 e. The second kappa shape index (κ2) is 6.89. The van der Waals surface area contributed by atoms with Gasteiger partial charge in [-0.15, -0.1) is 11.3 Å². The Bertz CT molecular complexity index is 1040. The number of thiazole rings is 1. The van der Waals surface area contributed by atoms with Crippen molar-refractivity contribution >= 4 is 28.4 Å². The fourth-order valence-corrected chi connectivity index (χ4v) is 4.00. The number of aliphatic hydroxyl groups is 1. The molecule has 0 saturated carbocycles. The second-order valence-electron chi connectivity index (χ2n) is 6.36. The molecule has 0 radical (unpaired) electrons. The molecule has 0 atom stereocenters. The van der Waals surface area contributed by atoms with E-state index in [1.54, 1.807) is 12.0 Å². The van der Waals surface area contributed by atoms with E-state index in [2.05, 4.69) is 4.98 Å². The number of rotatable bonds is 4. The number of ether oxygens (including phenoxy) is 1. The van der Waals surface area contributed by atoms with Crippen molar-refractivity contribution in [2.24, 2.45) is 0 Å². The first-order valence-corrected chi connectivity index (χ1v) is 9.40. The maximum absolute atomic E-state index is 10.5. The van der Waals surface area contributed by atoms with Gasteiger partial charge in [-0.2, -0.15) is 0 Å². The maximum Gasteiger partial charge on any atom is 0.139 e. The molecule has 3 aromatic rings. The van der Waals surface area contributed by atoms with E-state index < -0.39 is 0 Å². The number of anilines is 1. The largest absolute Gasteiger partial charge is 0.510 e. The second-order valence-corrected chi connectivity index (χ2v) is 7.22. The third kappa shape index (κ3) is 3.19. The first kappa shape index (κ1) is 17.3. The van der Waals surface area contributed by atoms with E-state index in [1.807, 2.05) is 60.8 Å². The minimum atomic E-state index is 0.178. The zero-order valence-corrected chi connectivity index (χ0v) is 15.9. The van der Waals surface area contributed by atoms with Gasteiger partial charge in [-0.25, -0.2) is 4.98 Å². The van der Waals surface area contributed by atoms with Crippen LogP contribution >= 0.6 is 11.3 Å². The Morgan fingerprint density at radius 2 is 1.96 bits per heavy atom. The molecule has 6 heteroatoms. The molecule has 0 bridgehead atoms. The van der Waals surface area contributed by atoms with Crippen LogP contribution in [0.1, 0.15) is 10.6 Å². The summed E-state index contributed by atoms with van der Waals surface area (Å²) >= 11 is 1.43. The molecule has 2 aromatic carbocycles. The highest BCUT2D eigenvalue weighted by molar-refractivity contribution is 7.11. The fraction of sp³-hybridized carbons (Fsp3) is 0.143. The van der Waals surface area contributed by atoms with Gasteiger partial charge in [0, 0.05) is 16.6 Å². The average molecular weight is 377 g/mol. The van der Waals surface area contributed by atoms with Gasteiger partial charge < -0.3 is 14.7 Å². The van der Waals surface area contributed by atoms with E-state index in [1.165, 1.54) is 11.3 Å². The molecular formula is C21H19N3O2S. The molecule has 1 aliphatic rings. The summed E-state index contributed by atoms with van der Waals surface area (Å²) in [4.78, 5) is 6.45. The van der Waals surface area contributed by atoms with Gasteiger partial charge in [0.15, 0.2) is 0 Å². The Labute approximate surface area is 161 Å². The van der Waals surface area contributed by atoms with E-state index in [9.17, 15) is 5.11 Å². The van der Waals surface area contributed by atoms with Crippen LogP contribution in [0.2, 0.25) is 0 Å². The summed E-state index contributed by atoms with van der Waals surface area (Å²) in [6, 6.07) is 15.6. The van der Waals surface area contributed by atoms with Gasteiger partial charge in [-0.3, -0.25) is 5.41 Å². The van der Waals surface area contributed by atoms with Crippen molar-refractivity contribution < 1.29 is 9.84 Å². The molecule has 27 heavy (non-hydrogen) atoms. The normalized spacial score (nSPS) is 14.1. The number of methoxy groups -OCH3 is 1. The van der Waals surface area contributed by atoms with Crippen molar-refractivity contribution in [2.45, 2.75) is 6.92 Å². The van der Waals surface area contributed by atoms with Crippen LogP contribution in [-0.4, -0.2) is 29.6 Å². The van der Waals surface area contributed by atoms with Crippen LogP contribution in [0.5, 0.6) is 5.75 Å². The quantitative estimate of drug-likeness (QED) is 0.679. The van der Waals surface area contributed by atoms with Gasteiger partial charge in [-0.05, 0) is 48.9 Å². The summed E-state index contributed by atoms with van der Waals surface area (Å²) in [5.74, 6) is 1.24. The minimum Gasteiger partial charge on any atom is -0.510 e. The number of benzene rings is 2. The fourth-order valence-electron chi connectivity index (χ4n) is 3.10. The molecule has 5 nitrogen and oxygen atoms in total. The van der Waals surface area contributed by atoms with Crippen molar-refractivity contribution in [3.63, 3.8) is 0 Å². The SMILES string of the molecule is COc1ccc(-c2csc(C3=C(O)CN(c4cccc(C)c4)C3=N)n2)cc1. The van der Waals surface area contributed by atoms with E-state index in [0.29, 0.717) is 10.6 Å². The zero-order valence-electron chi connectivity index (χ0n) is 15.1. The van der Waals surface area contributed by atoms with Crippen molar-refractivity contribution in [1.82, 2.24) is 4.98 Å². The minimum absolute atomic E-state index is 0.178. The summed E-state index contributed by atoms with van der Waals surface area (Å²) in [7, 11) is 1.64. The third-order valence-corrected chi connectivity index (χ3v) is 5.38. The lowest BCUT2D eigenvalue weighted by molar-refractivity contribution is 0.411. The van der Waals surface area contributed by atoms with Crippen LogP contribution in [0, 0.1) is 12.3 Å². The van der Waals surface area contributed by atoms with Crippen LogP contribution < -0.4 is 9.64 Å². The summed E-state index contributed by atoms with van der Waals surface area (Å²) in [6.07, 6.45) is 0. The number of hydrogen-bond donors (Lipinski definition) is 2. The lowest BCUT2D eigenvalue weighted by atomic mass is 10.1. The van der Waals surface area contributed by atoms with Crippen molar-refractivity contribution in [3.05, 3.63) is 70.2 Å². The molecule has 0 saturated heterocycles. The van der Waals surface area contributed by atoms with Crippen LogP contribution in [0.15, 0.2) is 59.7 Å². The van der Waals surface area contributed by atoms with Crippen LogP contribution in [0.3, 0.4) is 0 Å². The van der Waals surface area contributed by atoms with E-state index in [0.717, 1.165) is 28.3 Å². The zero-order chi connectivity index (χ0) is 19.0. The lowest BCUT2D eigenvalue weighted by Crippen LogP contribution is -2.26. The molecular weight excluding hydrogens is 358 g/mol. The molecule has 2 N–H and O–H groups in total. The molecule has 0 aliphatic carbocycles. The predicted octanol–water partition coefficient (Wildman–Crippen LogP) is 4.89. The van der Waals surface area contributed by atoms with Crippen LogP contribution in [0.25, 0.3) is 16.8 Å². The number of aliphatic hydroxyl groups excluding tert-OH is 1. The van der Waals surface area contributed by atoms with Crippen molar-refractivity contribution in [1.29, 1.82) is 5.41 Å². The van der Waals surface area contributed by atoms with Crippen LogP contribution in [0.4, 0.5) is 5.69 Å². The summed E-state index contributed by atoms with van der Waals surface area (Å²) in [6.45, 7) is 2.30. The highest BCUT2D eigenvalue weighted by atomic mass is 32.1. The Morgan fingerprint density at radius 1 is 1.19 bits per heavy atom. The Kier molecular flexibility index (Phi) is 4.41. The summed E-state index contributed by atoms with van der Waals surface area (Å²) in [5, 5.41) is 21.7. The first-order valence-electron chi connectivity index (χ1n) is 8.52. The predicted molar refractivity (Wildman–Crippen MR) is 110 cm³/mol. The molecule has 0 fully saturated rings. The highest BCUT2D eigenvalue weighted by Gasteiger charge is 2.31. The topological polar surface area (TPSA) is 69.4 Å². The van der Waals surface area contributed by atoms with Gasteiger partial charge in [-0.1, -0.05) is 12.1 Å². The van der Waals surface area contributed by atoms with Crippen molar-refractivity contribution in [2.75, 3.05) is 18.6 Å². The standard InChI is InChI=1S/C21H19N3O2S/c1-13-4-3-5-15(10-13)24-11-18(25)19(20(24)22)21-23-17(12-27-21)14-6-8-16(26-2)9-7-14/h3-10,12,22,25H,11H2,1-2H3. The molecule has 1 aromatic heterocycles. The van der Waals surface area contributed by atoms with Gasteiger partial charge in [0.05, 0.1) is 24.9 Å². The maximum atomic E-state index is 10.5. The Balaban J connectivity index is 1.62. The van der Waals surface area contributed by atoms with Gasteiger partial charge in [0.1, 0.15) is 22.4 Å². The molecule has 0 spiro atoms. The Hall–Kier alpha value is -3.12. The number of nitrogens with one attached hydrogen (secondary N) is 1. The molecule has 0 unspecified atom stereocenters. The molecule has 4 rings (SSSR count). The highest BCUT2D eigenvalue weighted by Crippen LogP contribution is 2.34. The van der Waals surface area contributed by atoms with Gasteiger partial charge >= 0.3 is 0 Å². The number of aromatic nitrogens is 1. The number of hydrogen-bond acceptors (Lipinski definition) is 5. The van der Waals surface area contributed by atoms with Crippen LogP contribution in [-0.2, 0) is 0 Å². The summed E-state index contributed by atoms with van der Waals surface area (Å²) < 4.78 is 5.19. The summed E-state index contributed by atoms with van der Waals surface area (Å²) in [5.41, 5.74) is 4.30. The van der Waals surface area contributed by atoms with Gasteiger partial charge in [0.2, 0.25) is 0 Å². The van der Waals surface area contributed by atoms with E-state index in [-0.39, 0.29) is 18.1 Å². The monoisotopic (exact) mass is 377 g/mol. The number of amidine groups is 1. The van der Waals surface area contributed by atoms with E-state index >= 15 is 0 Å². The van der Waals surface area contributed by atoms with Crippen molar-refractivity contribution in [3.8, 4) is 17.0 Å². The average Bonchev–Trinajstić information content (AvgIpc) is 3.26. The first-order chi connectivity index (χ1) is 13.1. The number of nitrogens with zero attached hydrogens (tertiary/aromatic N) is 2. The molecule has 136 valence electrons. The molecule has 0 amide bonds. The Morgan fingerprint density at radius 3 is 2.67 bits per heavy atom. The third-order valence-electron chi connectivity index (χ3n) is 4.52.